The number of hydrogen-bond donors (Lipinski definition) is 1. The van der Waals surface area contributed by atoms with Crippen molar-refractivity contribution in [1.29, 1.82) is 0 Å². The van der Waals surface area contributed by atoms with E-state index in [9.17, 15) is 23.1 Å². The number of carbonyl (C=O) groups is 1. The Hall–Kier alpha value is -2.45. The van der Waals surface area contributed by atoms with Gasteiger partial charge >= 0.3 is 0 Å². The molecule has 1 unspecified atom stereocenters. The molecule has 2 heterocycles. The number of hydrogen-bond acceptors (Lipinski definition) is 5. The van der Waals surface area contributed by atoms with Crippen molar-refractivity contribution in [3.8, 4) is 11.1 Å². The normalized spacial score (nSPS) is 24.3. The lowest BCUT2D eigenvalue weighted by molar-refractivity contribution is -0.163. The number of aliphatic hydroxyl groups is 1. The van der Waals surface area contributed by atoms with Crippen LogP contribution in [0, 0.1) is 17.3 Å². The Balaban J connectivity index is 1.40. The molecule has 0 bridgehead atoms. The Morgan fingerprint density at radius 3 is 2.38 bits per heavy atom. The van der Waals surface area contributed by atoms with Crippen LogP contribution in [-0.2, 0) is 21.2 Å². The molecule has 1 amide bonds. The lowest BCUT2D eigenvalue weighted by Gasteiger charge is -2.53. The van der Waals surface area contributed by atoms with Gasteiger partial charge in [-0.05, 0) is 37.2 Å². The Morgan fingerprint density at radius 1 is 1.05 bits per heavy atom. The summed E-state index contributed by atoms with van der Waals surface area (Å²) >= 11 is 0. The minimum atomic E-state index is -3.65. The van der Waals surface area contributed by atoms with Crippen molar-refractivity contribution in [3.05, 3.63) is 52.9 Å². The highest BCUT2D eigenvalue weighted by molar-refractivity contribution is 7.90. The molecule has 1 spiro atoms. The molecule has 218 valence electrons. The van der Waals surface area contributed by atoms with Crippen LogP contribution in [0.1, 0.15) is 77.6 Å². The van der Waals surface area contributed by atoms with Crippen LogP contribution in [0.3, 0.4) is 0 Å². The molecule has 1 aromatic carbocycles. The zero-order valence-electron chi connectivity index (χ0n) is 24.0. The summed E-state index contributed by atoms with van der Waals surface area (Å²) in [5.41, 5.74) is -1.02. The molecule has 3 aliphatic rings. The number of amides is 1. The van der Waals surface area contributed by atoms with E-state index in [1.165, 1.54) is 48.9 Å². The van der Waals surface area contributed by atoms with Gasteiger partial charge < -0.3 is 14.6 Å². The second kappa shape index (κ2) is 11.4. The van der Waals surface area contributed by atoms with Gasteiger partial charge in [0.2, 0.25) is 5.91 Å². The Labute approximate surface area is 238 Å². The van der Waals surface area contributed by atoms with Crippen LogP contribution >= 0.6 is 0 Å². The topological polar surface area (TPSA) is 96.7 Å². The van der Waals surface area contributed by atoms with E-state index in [4.69, 9.17) is 0 Å². The first-order valence-electron chi connectivity index (χ1n) is 15.0. The zero-order valence-corrected chi connectivity index (χ0v) is 24.8. The maximum absolute atomic E-state index is 13.6. The third kappa shape index (κ3) is 5.80. The number of sulfone groups is 1. The average Bonchev–Trinajstić information content (AvgIpc) is 3.41. The van der Waals surface area contributed by atoms with Crippen molar-refractivity contribution in [1.82, 2.24) is 9.47 Å². The van der Waals surface area contributed by atoms with Gasteiger partial charge in [0.15, 0.2) is 9.84 Å². The number of rotatable bonds is 7. The fourth-order valence-electron chi connectivity index (χ4n) is 7.72. The highest BCUT2D eigenvalue weighted by atomic mass is 32.2. The average molecular weight is 569 g/mol. The molecule has 1 aromatic heterocycles. The van der Waals surface area contributed by atoms with Crippen molar-refractivity contribution in [2.24, 2.45) is 17.3 Å². The number of pyridine rings is 1. The summed E-state index contributed by atoms with van der Waals surface area (Å²) in [7, 11) is -3.65. The van der Waals surface area contributed by atoms with Gasteiger partial charge in [-0.3, -0.25) is 9.59 Å². The summed E-state index contributed by atoms with van der Waals surface area (Å²) < 4.78 is 27.0. The standard InChI is InChI=1S/C32H44N2O5S/c1-24(19-25-11-5-3-6-12-25)30(36)33-18-17-32(37,31(22-33)15-9-10-16-31)23-34-21-28(40(2,38)39)27(20-29(34)35)26-13-7-4-8-14-26/h4,7-8,13-14,20-21,24-25,37H,3,5-6,9-12,15-19,22-23H2,1-2H3/t24-,32?/m1/s1. The largest absolute Gasteiger partial charge is 0.387 e. The van der Waals surface area contributed by atoms with Crippen LogP contribution < -0.4 is 5.56 Å². The Morgan fingerprint density at radius 2 is 1.73 bits per heavy atom. The summed E-state index contributed by atoms with van der Waals surface area (Å²) in [5.74, 6) is 0.783. The molecule has 2 atom stereocenters. The van der Waals surface area contributed by atoms with Gasteiger partial charge in [0.1, 0.15) is 0 Å². The number of piperidine rings is 1. The van der Waals surface area contributed by atoms with Crippen molar-refractivity contribution in [2.75, 3.05) is 19.3 Å². The van der Waals surface area contributed by atoms with Crippen molar-refractivity contribution in [2.45, 2.75) is 94.6 Å². The lowest BCUT2D eigenvalue weighted by atomic mass is 9.65. The minimum Gasteiger partial charge on any atom is -0.387 e. The summed E-state index contributed by atoms with van der Waals surface area (Å²) in [5, 5.41) is 12.2. The molecule has 0 radical (unpaired) electrons. The third-order valence-electron chi connectivity index (χ3n) is 9.99. The highest BCUT2D eigenvalue weighted by Crippen LogP contribution is 2.52. The monoisotopic (exact) mass is 568 g/mol. The molecule has 1 N–H and O–H groups in total. The van der Waals surface area contributed by atoms with Gasteiger partial charge in [-0.15, -0.1) is 0 Å². The Kier molecular flexibility index (Phi) is 8.31. The quantitative estimate of drug-likeness (QED) is 0.504. The van der Waals surface area contributed by atoms with Crippen LogP contribution in [-0.4, -0.2) is 53.8 Å². The molecule has 7 nitrogen and oxygen atoms in total. The van der Waals surface area contributed by atoms with Crippen LogP contribution in [0.5, 0.6) is 0 Å². The van der Waals surface area contributed by atoms with E-state index in [0.29, 0.717) is 36.6 Å². The van der Waals surface area contributed by atoms with E-state index in [0.717, 1.165) is 38.4 Å². The fourth-order valence-corrected chi connectivity index (χ4v) is 8.61. The summed E-state index contributed by atoms with van der Waals surface area (Å²) in [6, 6.07) is 10.4. The lowest BCUT2D eigenvalue weighted by Crippen LogP contribution is -2.62. The zero-order chi connectivity index (χ0) is 28.5. The van der Waals surface area contributed by atoms with Gasteiger partial charge in [-0.25, -0.2) is 8.42 Å². The summed E-state index contributed by atoms with van der Waals surface area (Å²) in [6.07, 6.45) is 13.6. The number of benzene rings is 1. The molecule has 5 rings (SSSR count). The van der Waals surface area contributed by atoms with Crippen LogP contribution in [0.25, 0.3) is 11.1 Å². The van der Waals surface area contributed by atoms with E-state index in [1.54, 1.807) is 12.1 Å². The smallest absolute Gasteiger partial charge is 0.251 e. The predicted octanol–water partition coefficient (Wildman–Crippen LogP) is 5.05. The molecule has 1 aliphatic heterocycles. The first-order valence-corrected chi connectivity index (χ1v) is 16.9. The molecule has 2 aliphatic carbocycles. The van der Waals surface area contributed by atoms with Crippen molar-refractivity contribution in [3.63, 3.8) is 0 Å². The van der Waals surface area contributed by atoms with E-state index >= 15 is 0 Å². The summed E-state index contributed by atoms with van der Waals surface area (Å²) in [6.45, 7) is 3.01. The molecule has 8 heteroatoms. The highest BCUT2D eigenvalue weighted by Gasteiger charge is 2.55. The fraction of sp³-hybridized carbons (Fsp3) is 0.625. The van der Waals surface area contributed by atoms with E-state index in [1.807, 2.05) is 23.1 Å². The Bertz CT molecular complexity index is 1370. The molecule has 2 aromatic rings. The first kappa shape index (κ1) is 29.1. The number of carbonyl (C=O) groups excluding carboxylic acids is 1. The third-order valence-corrected chi connectivity index (χ3v) is 11.1. The van der Waals surface area contributed by atoms with Gasteiger partial charge in [-0.2, -0.15) is 0 Å². The molecular formula is C32H44N2O5S. The molecular weight excluding hydrogens is 524 g/mol. The van der Waals surface area contributed by atoms with Crippen LogP contribution in [0.15, 0.2) is 52.3 Å². The molecule has 3 fully saturated rings. The van der Waals surface area contributed by atoms with Gasteiger partial charge in [0, 0.05) is 48.5 Å². The number of aromatic nitrogens is 1. The van der Waals surface area contributed by atoms with Gasteiger partial charge in [-0.1, -0.05) is 82.2 Å². The van der Waals surface area contributed by atoms with Crippen molar-refractivity contribution < 1.29 is 18.3 Å². The van der Waals surface area contributed by atoms with E-state index < -0.39 is 20.9 Å². The predicted molar refractivity (Wildman–Crippen MR) is 157 cm³/mol. The van der Waals surface area contributed by atoms with E-state index in [2.05, 4.69) is 6.92 Å². The number of likely N-dealkylation sites (tertiary alicyclic amines) is 1. The summed E-state index contributed by atoms with van der Waals surface area (Å²) in [4.78, 5) is 29.0. The second-order valence-corrected chi connectivity index (χ2v) is 14.8. The first-order chi connectivity index (χ1) is 19.0. The second-order valence-electron chi connectivity index (χ2n) is 12.8. The van der Waals surface area contributed by atoms with Gasteiger partial charge in [0.25, 0.3) is 5.56 Å². The molecule has 1 saturated heterocycles. The van der Waals surface area contributed by atoms with E-state index in [-0.39, 0.29) is 28.8 Å². The van der Waals surface area contributed by atoms with Crippen LogP contribution in [0.2, 0.25) is 0 Å². The molecule has 2 saturated carbocycles. The minimum absolute atomic E-state index is 0.0169. The van der Waals surface area contributed by atoms with Crippen LogP contribution in [0.4, 0.5) is 0 Å². The number of nitrogens with zero attached hydrogens (tertiary/aromatic N) is 2. The van der Waals surface area contributed by atoms with Crippen molar-refractivity contribution >= 4 is 15.7 Å². The van der Waals surface area contributed by atoms with Gasteiger partial charge in [0.05, 0.1) is 17.0 Å². The molecule has 40 heavy (non-hydrogen) atoms. The maximum atomic E-state index is 13.6. The SMILES string of the molecule is C[C@H](CC1CCCCC1)C(=O)N1CCC(O)(Cn2cc(S(C)(=O)=O)c(-c3ccccc3)cc2=O)C2(CCCC2)C1. The maximum Gasteiger partial charge on any atom is 0.251 e.